The molecule has 1 aliphatic rings. The van der Waals surface area contributed by atoms with E-state index in [0.29, 0.717) is 5.69 Å². The molecule has 84 valence electrons. The molecule has 0 spiro atoms. The first-order chi connectivity index (χ1) is 7.56. The highest BCUT2D eigenvalue weighted by Crippen LogP contribution is 2.34. The van der Waals surface area contributed by atoms with Crippen LogP contribution in [0, 0.1) is 0 Å². The molecule has 1 saturated heterocycles. The summed E-state index contributed by atoms with van der Waals surface area (Å²) in [5.74, 6) is -0.437. The third-order valence-corrected chi connectivity index (χ3v) is 4.34. The normalized spacial score (nSPS) is 19.9. The fourth-order valence-electron chi connectivity index (χ4n) is 1.39. The van der Waals surface area contributed by atoms with E-state index in [4.69, 9.17) is 5.73 Å². The number of nitrogens with two attached hydrogens (primary N) is 1. The minimum absolute atomic E-state index is 0.214. The molecule has 0 bridgehead atoms. The van der Waals surface area contributed by atoms with E-state index in [-0.39, 0.29) is 23.5 Å². The van der Waals surface area contributed by atoms with Crippen molar-refractivity contribution < 1.29 is 9.59 Å². The molecule has 0 aliphatic carbocycles. The summed E-state index contributed by atoms with van der Waals surface area (Å²) >= 11 is 4.74. The van der Waals surface area contributed by atoms with Gasteiger partial charge in [0.05, 0.1) is 5.25 Å². The van der Waals surface area contributed by atoms with Crippen LogP contribution in [0.5, 0.6) is 0 Å². The third-order valence-electron chi connectivity index (χ3n) is 2.15. The summed E-state index contributed by atoms with van der Waals surface area (Å²) in [6.07, 6.45) is 0.236. The van der Waals surface area contributed by atoms with Gasteiger partial charge in [-0.05, 0) is 34.1 Å². The Bertz CT molecular complexity index is 464. The molecule has 1 aromatic rings. The smallest absolute Gasteiger partial charge is 0.240 e. The van der Waals surface area contributed by atoms with Crippen LogP contribution in [0.3, 0.4) is 0 Å². The Morgan fingerprint density at radius 2 is 2.19 bits per heavy atom. The summed E-state index contributed by atoms with van der Waals surface area (Å²) < 4.78 is 0.838. The Labute approximate surface area is 105 Å². The lowest BCUT2D eigenvalue weighted by molar-refractivity contribution is -0.124. The van der Waals surface area contributed by atoms with Gasteiger partial charge in [-0.2, -0.15) is 0 Å². The molecule has 0 radical (unpaired) electrons. The lowest BCUT2D eigenvalue weighted by atomic mass is 10.3. The SMILES string of the molecule is Nc1ccc(SC2CC(=O)NC2=O)c(Br)c1. The molecule has 1 heterocycles. The molecular formula is C10H9BrN2O2S. The maximum absolute atomic E-state index is 11.4. The predicted octanol–water partition coefficient (Wildman–Crippen LogP) is 1.54. The number of carbonyl (C=O) groups is 2. The Balaban J connectivity index is 2.15. The van der Waals surface area contributed by atoms with Crippen LogP contribution < -0.4 is 11.1 Å². The standard InChI is InChI=1S/C10H9BrN2O2S/c11-6-3-5(12)1-2-7(6)16-8-4-9(14)13-10(8)15/h1-3,8H,4,12H2,(H,13,14,15). The van der Waals surface area contributed by atoms with Crippen LogP contribution in [-0.2, 0) is 9.59 Å². The fraction of sp³-hybridized carbons (Fsp3) is 0.200. The molecule has 6 heteroatoms. The van der Waals surface area contributed by atoms with Crippen molar-refractivity contribution in [2.24, 2.45) is 0 Å². The van der Waals surface area contributed by atoms with Crippen LogP contribution in [0.1, 0.15) is 6.42 Å². The van der Waals surface area contributed by atoms with Crippen molar-refractivity contribution in [1.82, 2.24) is 5.32 Å². The Hall–Kier alpha value is -1.01. The van der Waals surface area contributed by atoms with Crippen LogP contribution in [0.15, 0.2) is 27.6 Å². The number of amides is 2. The first kappa shape index (κ1) is 11.5. The minimum Gasteiger partial charge on any atom is -0.399 e. The molecule has 16 heavy (non-hydrogen) atoms. The molecule has 1 aromatic carbocycles. The summed E-state index contributed by atoms with van der Waals surface area (Å²) in [4.78, 5) is 23.3. The molecule has 4 nitrogen and oxygen atoms in total. The number of halogens is 1. The zero-order valence-corrected chi connectivity index (χ0v) is 10.6. The number of rotatable bonds is 2. The second-order valence-electron chi connectivity index (χ2n) is 3.41. The van der Waals surface area contributed by atoms with E-state index >= 15 is 0 Å². The van der Waals surface area contributed by atoms with Crippen LogP contribution in [0.4, 0.5) is 5.69 Å². The van der Waals surface area contributed by atoms with Gasteiger partial charge in [0.2, 0.25) is 11.8 Å². The Kier molecular flexibility index (Phi) is 3.20. The van der Waals surface area contributed by atoms with Gasteiger partial charge >= 0.3 is 0 Å². The highest BCUT2D eigenvalue weighted by molar-refractivity contribution is 9.10. The molecule has 1 atom stereocenters. The molecular weight excluding hydrogens is 292 g/mol. The second-order valence-corrected chi connectivity index (χ2v) is 5.51. The van der Waals surface area contributed by atoms with Crippen LogP contribution >= 0.6 is 27.7 Å². The zero-order valence-electron chi connectivity index (χ0n) is 8.20. The van der Waals surface area contributed by atoms with Crippen molar-refractivity contribution in [3.05, 3.63) is 22.7 Å². The monoisotopic (exact) mass is 300 g/mol. The van der Waals surface area contributed by atoms with Gasteiger partial charge in [0, 0.05) is 21.5 Å². The number of carbonyl (C=O) groups excluding carboxylic acids is 2. The van der Waals surface area contributed by atoms with Gasteiger partial charge in [-0.3, -0.25) is 14.9 Å². The highest BCUT2D eigenvalue weighted by Gasteiger charge is 2.31. The van der Waals surface area contributed by atoms with Gasteiger partial charge in [-0.25, -0.2) is 0 Å². The van der Waals surface area contributed by atoms with Crippen molar-refractivity contribution in [3.8, 4) is 0 Å². The number of hydrogen-bond acceptors (Lipinski definition) is 4. The van der Waals surface area contributed by atoms with Gasteiger partial charge in [-0.15, -0.1) is 11.8 Å². The van der Waals surface area contributed by atoms with E-state index in [0.717, 1.165) is 9.37 Å². The molecule has 1 fully saturated rings. The van der Waals surface area contributed by atoms with Crippen molar-refractivity contribution in [2.45, 2.75) is 16.6 Å². The third kappa shape index (κ3) is 2.38. The number of thioether (sulfide) groups is 1. The van der Waals surface area contributed by atoms with Gasteiger partial charge in [0.25, 0.3) is 0 Å². The second kappa shape index (κ2) is 4.47. The molecule has 3 N–H and O–H groups in total. The number of hydrogen-bond donors (Lipinski definition) is 2. The molecule has 0 saturated carbocycles. The van der Waals surface area contributed by atoms with Gasteiger partial charge in [-0.1, -0.05) is 0 Å². The maximum atomic E-state index is 11.4. The topological polar surface area (TPSA) is 72.2 Å². The molecule has 2 amide bonds. The Morgan fingerprint density at radius 1 is 1.44 bits per heavy atom. The van der Waals surface area contributed by atoms with Crippen LogP contribution in [-0.4, -0.2) is 17.1 Å². The lowest BCUT2D eigenvalue weighted by Gasteiger charge is -2.08. The minimum atomic E-state index is -0.340. The number of imide groups is 1. The van der Waals surface area contributed by atoms with Gasteiger partial charge in [0.1, 0.15) is 0 Å². The number of nitrogen functional groups attached to an aromatic ring is 1. The van der Waals surface area contributed by atoms with E-state index in [2.05, 4.69) is 21.2 Å². The number of anilines is 1. The average molecular weight is 301 g/mol. The van der Waals surface area contributed by atoms with E-state index < -0.39 is 0 Å². The first-order valence-corrected chi connectivity index (χ1v) is 6.29. The van der Waals surface area contributed by atoms with Crippen LogP contribution in [0.2, 0.25) is 0 Å². The first-order valence-electron chi connectivity index (χ1n) is 4.61. The van der Waals surface area contributed by atoms with E-state index in [9.17, 15) is 9.59 Å². The lowest BCUT2D eigenvalue weighted by Crippen LogP contribution is -2.23. The van der Waals surface area contributed by atoms with Gasteiger partial charge in [0.15, 0.2) is 0 Å². The highest BCUT2D eigenvalue weighted by atomic mass is 79.9. The summed E-state index contributed by atoms with van der Waals surface area (Å²) in [5, 5.41) is 1.94. The van der Waals surface area contributed by atoms with E-state index in [1.54, 1.807) is 12.1 Å². The van der Waals surface area contributed by atoms with Crippen LogP contribution in [0.25, 0.3) is 0 Å². The molecule has 1 unspecified atom stereocenters. The largest absolute Gasteiger partial charge is 0.399 e. The fourth-order valence-corrected chi connectivity index (χ4v) is 3.09. The average Bonchev–Trinajstić information content (AvgIpc) is 2.50. The number of benzene rings is 1. The summed E-state index contributed by atoms with van der Waals surface area (Å²) in [6.45, 7) is 0. The van der Waals surface area contributed by atoms with Crippen molar-refractivity contribution in [3.63, 3.8) is 0 Å². The molecule has 0 aromatic heterocycles. The quantitative estimate of drug-likeness (QED) is 0.642. The summed E-state index contributed by atoms with van der Waals surface area (Å²) in [6, 6.07) is 5.37. The summed E-state index contributed by atoms with van der Waals surface area (Å²) in [7, 11) is 0. The van der Waals surface area contributed by atoms with E-state index in [1.165, 1.54) is 11.8 Å². The number of nitrogens with one attached hydrogen (secondary N) is 1. The molecule has 1 aliphatic heterocycles. The van der Waals surface area contributed by atoms with Crippen molar-refractivity contribution in [2.75, 3.05) is 5.73 Å². The van der Waals surface area contributed by atoms with Crippen molar-refractivity contribution in [1.29, 1.82) is 0 Å². The zero-order chi connectivity index (χ0) is 11.7. The maximum Gasteiger partial charge on any atom is 0.240 e. The van der Waals surface area contributed by atoms with Crippen molar-refractivity contribution >= 4 is 45.2 Å². The predicted molar refractivity (Wildman–Crippen MR) is 66.0 cm³/mol. The van der Waals surface area contributed by atoms with E-state index in [1.807, 2.05) is 6.07 Å². The Morgan fingerprint density at radius 3 is 2.75 bits per heavy atom. The summed E-state index contributed by atoms with van der Waals surface area (Å²) in [5.41, 5.74) is 6.27. The van der Waals surface area contributed by atoms with Gasteiger partial charge < -0.3 is 5.73 Å². The molecule has 2 rings (SSSR count).